The van der Waals surface area contributed by atoms with Crippen molar-refractivity contribution in [3.05, 3.63) is 82.3 Å². The van der Waals surface area contributed by atoms with E-state index in [1.807, 2.05) is 24.3 Å². The Balaban J connectivity index is 1.46. The van der Waals surface area contributed by atoms with E-state index in [9.17, 15) is 14.4 Å². The summed E-state index contributed by atoms with van der Waals surface area (Å²) < 4.78 is 17.8. The number of hydrogen-bond donors (Lipinski definition) is 1. The van der Waals surface area contributed by atoms with E-state index >= 15 is 0 Å². The number of nitrogens with zero attached hydrogens (tertiary/aromatic N) is 3. The van der Waals surface area contributed by atoms with Gasteiger partial charge in [0.1, 0.15) is 23.7 Å². The number of methoxy groups -OCH3 is 1. The second-order valence-electron chi connectivity index (χ2n) is 9.72. The number of alkyl carbamates (subject to hydrolysis) is 1. The van der Waals surface area contributed by atoms with Gasteiger partial charge in [0.05, 0.1) is 30.4 Å². The van der Waals surface area contributed by atoms with Crippen LogP contribution in [0, 0.1) is 0 Å². The maximum Gasteiger partial charge on any atom is 0.407 e. The first-order valence-electron chi connectivity index (χ1n) is 12.4. The predicted octanol–water partition coefficient (Wildman–Crippen LogP) is 4.38. The Morgan fingerprint density at radius 2 is 1.90 bits per heavy atom. The zero-order chi connectivity index (χ0) is 28.0. The van der Waals surface area contributed by atoms with Crippen molar-refractivity contribution in [3.63, 3.8) is 0 Å². The molecule has 4 rings (SSSR count). The molecular formula is C29H30N4O6. The van der Waals surface area contributed by atoms with Crippen molar-refractivity contribution < 1.29 is 23.8 Å². The quantitative estimate of drug-likeness (QED) is 0.317. The molecule has 0 atom stereocenters. The van der Waals surface area contributed by atoms with Crippen LogP contribution in [0.1, 0.15) is 36.7 Å². The van der Waals surface area contributed by atoms with Gasteiger partial charge in [0.2, 0.25) is 0 Å². The molecule has 39 heavy (non-hydrogen) atoms. The number of nitrogens with one attached hydrogen (secondary N) is 1. The smallest absolute Gasteiger partial charge is 0.407 e. The number of carbonyl (C=O) groups is 2. The van der Waals surface area contributed by atoms with E-state index in [2.05, 4.69) is 15.4 Å². The zero-order valence-electron chi connectivity index (χ0n) is 22.3. The predicted molar refractivity (Wildman–Crippen MR) is 146 cm³/mol. The van der Waals surface area contributed by atoms with Gasteiger partial charge < -0.3 is 19.5 Å². The highest BCUT2D eigenvalue weighted by Gasteiger charge is 2.16. The van der Waals surface area contributed by atoms with Crippen LogP contribution in [0.5, 0.6) is 11.5 Å². The number of carbonyl (C=O) groups excluding carboxylic acids is 2. The van der Waals surface area contributed by atoms with Gasteiger partial charge in [-0.15, -0.1) is 0 Å². The molecule has 4 aromatic rings. The molecule has 10 nitrogen and oxygen atoms in total. The summed E-state index contributed by atoms with van der Waals surface area (Å²) in [7, 11) is 1.49. The number of pyridine rings is 1. The maximum absolute atomic E-state index is 12.5. The molecule has 0 saturated carbocycles. The highest BCUT2D eigenvalue weighted by Crippen LogP contribution is 2.30. The number of benzene rings is 2. The molecule has 1 N–H and O–H groups in total. The molecule has 0 spiro atoms. The van der Waals surface area contributed by atoms with Gasteiger partial charge in [-0.3, -0.25) is 14.6 Å². The van der Waals surface area contributed by atoms with Crippen LogP contribution in [0.2, 0.25) is 0 Å². The normalized spacial score (nSPS) is 11.2. The summed E-state index contributed by atoms with van der Waals surface area (Å²) in [5.41, 5.74) is 2.42. The molecule has 1 amide bonds. The van der Waals surface area contributed by atoms with Gasteiger partial charge in [0.15, 0.2) is 6.29 Å². The maximum atomic E-state index is 12.5. The Morgan fingerprint density at radius 1 is 1.08 bits per heavy atom. The van der Waals surface area contributed by atoms with Crippen molar-refractivity contribution in [2.24, 2.45) is 0 Å². The summed E-state index contributed by atoms with van der Waals surface area (Å²) in [5.74, 6) is 0.958. The number of rotatable bonds is 9. The number of aromatic nitrogens is 3. The van der Waals surface area contributed by atoms with Crippen molar-refractivity contribution in [2.45, 2.75) is 39.5 Å². The minimum atomic E-state index is -0.580. The average molecular weight is 531 g/mol. The van der Waals surface area contributed by atoms with Crippen molar-refractivity contribution in [1.82, 2.24) is 20.1 Å². The highest BCUT2D eigenvalue weighted by atomic mass is 16.6. The molecule has 2 aromatic heterocycles. The molecular weight excluding hydrogens is 500 g/mol. The van der Waals surface area contributed by atoms with E-state index in [4.69, 9.17) is 14.2 Å². The second kappa shape index (κ2) is 11.8. The Kier molecular flexibility index (Phi) is 8.24. The Bertz CT molecular complexity index is 1560. The molecule has 0 saturated heterocycles. The summed E-state index contributed by atoms with van der Waals surface area (Å²) in [6.07, 6.45) is 1.82. The summed E-state index contributed by atoms with van der Waals surface area (Å²) in [5, 5.41) is 7.91. The van der Waals surface area contributed by atoms with Crippen LogP contribution in [-0.4, -0.2) is 46.5 Å². The average Bonchev–Trinajstić information content (AvgIpc) is 2.91. The largest absolute Gasteiger partial charge is 0.496 e. The van der Waals surface area contributed by atoms with Crippen LogP contribution in [0.25, 0.3) is 22.2 Å². The van der Waals surface area contributed by atoms with Crippen LogP contribution in [0.3, 0.4) is 0 Å². The molecule has 0 aliphatic rings. The fourth-order valence-corrected chi connectivity index (χ4v) is 3.89. The van der Waals surface area contributed by atoms with E-state index in [-0.39, 0.29) is 25.3 Å². The van der Waals surface area contributed by atoms with Crippen LogP contribution in [0.15, 0.2) is 65.6 Å². The molecule has 0 fully saturated rings. The molecule has 0 aliphatic heterocycles. The van der Waals surface area contributed by atoms with E-state index in [1.165, 1.54) is 17.9 Å². The fraction of sp³-hybridized carbons (Fsp3) is 0.276. The van der Waals surface area contributed by atoms with Gasteiger partial charge in [-0.25, -0.2) is 9.48 Å². The van der Waals surface area contributed by atoms with E-state index in [0.717, 1.165) is 11.1 Å². The molecule has 0 bridgehead atoms. The number of aldehydes is 1. The Labute approximate surface area is 225 Å². The van der Waals surface area contributed by atoms with Crippen molar-refractivity contribution in [2.75, 3.05) is 13.7 Å². The number of fused-ring (bicyclic) bond motifs is 1. The van der Waals surface area contributed by atoms with Crippen molar-refractivity contribution in [1.29, 1.82) is 0 Å². The minimum Gasteiger partial charge on any atom is -0.496 e. The molecule has 2 heterocycles. The van der Waals surface area contributed by atoms with Gasteiger partial charge in [0.25, 0.3) is 5.56 Å². The molecule has 10 heteroatoms. The molecule has 202 valence electrons. The minimum absolute atomic E-state index is 0.164. The number of hydrogen-bond acceptors (Lipinski definition) is 8. The standard InChI is InChI=1S/C29H30N4O6/c1-29(2,3)39-28(36)31-17-19-6-5-7-20(14-19)23-8-9-27(35)33(32-23)12-13-38-25-10-11-30-24-16-26(37-4)21(18-34)15-22(24)25/h5-11,14-16,18H,12-13,17H2,1-4H3,(H,31,36). The van der Waals surface area contributed by atoms with Gasteiger partial charge in [-0.2, -0.15) is 5.10 Å². The van der Waals surface area contributed by atoms with Crippen LogP contribution < -0.4 is 20.3 Å². The third-order valence-electron chi connectivity index (χ3n) is 5.67. The lowest BCUT2D eigenvalue weighted by atomic mass is 10.1. The van der Waals surface area contributed by atoms with Gasteiger partial charge >= 0.3 is 6.09 Å². The molecule has 0 aliphatic carbocycles. The van der Waals surface area contributed by atoms with Gasteiger partial charge in [-0.05, 0) is 50.6 Å². The number of amides is 1. The SMILES string of the molecule is COc1cc2nccc(OCCn3nc(-c4cccc(CNC(=O)OC(C)(C)C)c4)ccc3=O)c2cc1C=O. The number of ether oxygens (including phenoxy) is 3. The van der Waals surface area contributed by atoms with Crippen LogP contribution in [-0.2, 0) is 17.8 Å². The zero-order valence-corrected chi connectivity index (χ0v) is 22.3. The summed E-state index contributed by atoms with van der Waals surface area (Å²) >= 11 is 0. The first-order valence-corrected chi connectivity index (χ1v) is 12.4. The monoisotopic (exact) mass is 530 g/mol. The van der Waals surface area contributed by atoms with Crippen LogP contribution in [0.4, 0.5) is 4.79 Å². The van der Waals surface area contributed by atoms with Gasteiger partial charge in [0, 0.05) is 35.8 Å². The third-order valence-corrected chi connectivity index (χ3v) is 5.67. The lowest BCUT2D eigenvalue weighted by molar-refractivity contribution is 0.0523. The lowest BCUT2D eigenvalue weighted by Gasteiger charge is -2.19. The first-order chi connectivity index (χ1) is 18.7. The molecule has 2 aromatic carbocycles. The van der Waals surface area contributed by atoms with E-state index in [1.54, 1.807) is 51.2 Å². The van der Waals surface area contributed by atoms with E-state index in [0.29, 0.717) is 39.9 Å². The Hall–Kier alpha value is -4.73. The van der Waals surface area contributed by atoms with Crippen molar-refractivity contribution in [3.8, 4) is 22.8 Å². The van der Waals surface area contributed by atoms with Gasteiger partial charge in [-0.1, -0.05) is 18.2 Å². The second-order valence-corrected chi connectivity index (χ2v) is 9.72. The first kappa shape index (κ1) is 27.3. The third kappa shape index (κ3) is 6.98. The fourth-order valence-electron chi connectivity index (χ4n) is 3.89. The lowest BCUT2D eigenvalue weighted by Crippen LogP contribution is -2.32. The van der Waals surface area contributed by atoms with Crippen LogP contribution >= 0.6 is 0 Å². The Morgan fingerprint density at radius 3 is 2.64 bits per heavy atom. The van der Waals surface area contributed by atoms with Crippen molar-refractivity contribution >= 4 is 23.3 Å². The highest BCUT2D eigenvalue weighted by molar-refractivity contribution is 5.93. The summed E-state index contributed by atoms with van der Waals surface area (Å²) in [6, 6.07) is 15.7. The summed E-state index contributed by atoms with van der Waals surface area (Å²) in [4.78, 5) is 40.3. The summed E-state index contributed by atoms with van der Waals surface area (Å²) in [6.45, 7) is 6.07. The molecule has 0 radical (unpaired) electrons. The molecule has 0 unspecified atom stereocenters. The topological polar surface area (TPSA) is 122 Å². The van der Waals surface area contributed by atoms with E-state index < -0.39 is 11.7 Å².